The lowest BCUT2D eigenvalue weighted by Crippen LogP contribution is -2.35. The van der Waals surface area contributed by atoms with Crippen LogP contribution in [0.3, 0.4) is 0 Å². The molecule has 0 N–H and O–H groups in total. The van der Waals surface area contributed by atoms with Gasteiger partial charge in [0.05, 0.1) is 17.4 Å². The number of nitrogens with zero attached hydrogens (tertiary/aromatic N) is 2. The standard InChI is InChI=1S/C12H12N2O6/c1-2-20-11(15)12(14(18)19)7-10(12)8-4-3-5-9(6-8)13(16)17/h3-6,10H,2,7H2,1H3/t10-,12-/m0/s1. The third-order valence-corrected chi connectivity index (χ3v) is 3.37. The van der Waals surface area contributed by atoms with Gasteiger partial charge in [-0.05, 0) is 12.5 Å². The van der Waals surface area contributed by atoms with Crippen LogP contribution in [0.1, 0.15) is 24.8 Å². The first-order valence-corrected chi connectivity index (χ1v) is 5.99. The third kappa shape index (κ3) is 2.09. The highest BCUT2D eigenvalue weighted by Gasteiger charge is 2.74. The molecule has 0 unspecified atom stereocenters. The van der Waals surface area contributed by atoms with E-state index >= 15 is 0 Å². The largest absolute Gasteiger partial charge is 0.461 e. The van der Waals surface area contributed by atoms with Gasteiger partial charge in [-0.1, -0.05) is 12.1 Å². The zero-order chi connectivity index (χ0) is 14.9. The van der Waals surface area contributed by atoms with E-state index in [4.69, 9.17) is 4.74 Å². The van der Waals surface area contributed by atoms with E-state index < -0.39 is 27.3 Å². The summed E-state index contributed by atoms with van der Waals surface area (Å²) < 4.78 is 4.75. The molecule has 106 valence electrons. The minimum Gasteiger partial charge on any atom is -0.461 e. The molecule has 1 aliphatic carbocycles. The van der Waals surface area contributed by atoms with E-state index in [1.165, 1.54) is 18.2 Å². The molecule has 1 fully saturated rings. The Morgan fingerprint density at radius 2 is 2.15 bits per heavy atom. The van der Waals surface area contributed by atoms with Crippen LogP contribution >= 0.6 is 0 Å². The maximum atomic E-state index is 11.8. The SMILES string of the molecule is CCOC(=O)[C@]1([N+](=O)[O-])C[C@H]1c1cccc([N+](=O)[O-])c1. The van der Waals surface area contributed by atoms with E-state index in [1.807, 2.05) is 0 Å². The summed E-state index contributed by atoms with van der Waals surface area (Å²) in [6.45, 7) is 1.62. The second-order valence-electron chi connectivity index (χ2n) is 4.51. The van der Waals surface area contributed by atoms with Gasteiger partial charge in [0.2, 0.25) is 0 Å². The number of hydrogen-bond acceptors (Lipinski definition) is 6. The number of nitro groups is 2. The van der Waals surface area contributed by atoms with Crippen LogP contribution in [-0.2, 0) is 9.53 Å². The van der Waals surface area contributed by atoms with Gasteiger partial charge in [0.25, 0.3) is 5.69 Å². The molecule has 1 saturated carbocycles. The van der Waals surface area contributed by atoms with E-state index in [0.717, 1.165) is 0 Å². The van der Waals surface area contributed by atoms with Crippen LogP contribution in [0.5, 0.6) is 0 Å². The van der Waals surface area contributed by atoms with Crippen LogP contribution in [0.15, 0.2) is 24.3 Å². The fourth-order valence-corrected chi connectivity index (χ4v) is 2.26. The molecule has 20 heavy (non-hydrogen) atoms. The summed E-state index contributed by atoms with van der Waals surface area (Å²) in [5.41, 5.74) is -1.55. The van der Waals surface area contributed by atoms with Crippen LogP contribution in [0, 0.1) is 20.2 Å². The number of carbonyl (C=O) groups excluding carboxylic acids is 1. The molecular formula is C12H12N2O6. The maximum Gasteiger partial charge on any atom is 0.385 e. The molecule has 1 aromatic carbocycles. The fraction of sp³-hybridized carbons (Fsp3) is 0.417. The number of carbonyl (C=O) groups is 1. The molecule has 0 saturated heterocycles. The van der Waals surface area contributed by atoms with Crippen molar-refractivity contribution in [2.45, 2.75) is 24.8 Å². The summed E-state index contributed by atoms with van der Waals surface area (Å²) in [7, 11) is 0. The monoisotopic (exact) mass is 280 g/mol. The van der Waals surface area contributed by atoms with Gasteiger partial charge in [0, 0.05) is 23.5 Å². The number of hydrogen-bond donors (Lipinski definition) is 0. The molecular weight excluding hydrogens is 268 g/mol. The topological polar surface area (TPSA) is 113 Å². The molecule has 0 bridgehead atoms. The Bertz CT molecular complexity index is 587. The second kappa shape index (κ2) is 4.87. The average Bonchev–Trinajstić information content (AvgIpc) is 3.16. The quantitative estimate of drug-likeness (QED) is 0.460. The predicted molar refractivity (Wildman–Crippen MR) is 66.8 cm³/mol. The minimum atomic E-state index is -1.80. The summed E-state index contributed by atoms with van der Waals surface area (Å²) in [5, 5.41) is 21.9. The first-order valence-electron chi connectivity index (χ1n) is 5.99. The van der Waals surface area contributed by atoms with Crippen LogP contribution < -0.4 is 0 Å². The number of rotatable bonds is 5. The van der Waals surface area contributed by atoms with Crippen LogP contribution in [0.4, 0.5) is 5.69 Å². The molecule has 8 heteroatoms. The molecule has 0 heterocycles. The Labute approximate surface area is 113 Å². The number of nitro benzene ring substituents is 1. The Balaban J connectivity index is 2.31. The molecule has 8 nitrogen and oxygen atoms in total. The minimum absolute atomic E-state index is 0.000000945. The van der Waals surface area contributed by atoms with Gasteiger partial charge in [-0.25, -0.2) is 4.79 Å². The molecule has 0 aromatic heterocycles. The van der Waals surface area contributed by atoms with Crippen molar-refractivity contribution in [3.8, 4) is 0 Å². The lowest BCUT2D eigenvalue weighted by atomic mass is 10.1. The van der Waals surface area contributed by atoms with Crippen LogP contribution in [0.25, 0.3) is 0 Å². The first-order chi connectivity index (χ1) is 9.43. The molecule has 0 radical (unpaired) electrons. The van der Waals surface area contributed by atoms with E-state index in [2.05, 4.69) is 0 Å². The zero-order valence-corrected chi connectivity index (χ0v) is 10.6. The first kappa shape index (κ1) is 13.9. The molecule has 0 aliphatic heterocycles. The molecule has 0 amide bonds. The van der Waals surface area contributed by atoms with Gasteiger partial charge in [-0.3, -0.25) is 20.2 Å². The third-order valence-electron chi connectivity index (χ3n) is 3.37. The molecule has 1 aromatic rings. The molecule has 0 spiro atoms. The van der Waals surface area contributed by atoms with Gasteiger partial charge in [-0.15, -0.1) is 0 Å². The second-order valence-corrected chi connectivity index (χ2v) is 4.51. The zero-order valence-electron chi connectivity index (χ0n) is 10.6. The van der Waals surface area contributed by atoms with Crippen molar-refractivity contribution < 1.29 is 19.4 Å². The normalized spacial score (nSPS) is 23.9. The van der Waals surface area contributed by atoms with Crippen molar-refractivity contribution >= 4 is 11.7 Å². The Kier molecular flexibility index (Phi) is 3.39. The van der Waals surface area contributed by atoms with Gasteiger partial charge in [-0.2, -0.15) is 0 Å². The van der Waals surface area contributed by atoms with Crippen molar-refractivity contribution in [1.29, 1.82) is 0 Å². The number of non-ortho nitro benzene ring substituents is 1. The van der Waals surface area contributed by atoms with E-state index in [-0.39, 0.29) is 18.7 Å². The fourth-order valence-electron chi connectivity index (χ4n) is 2.26. The Morgan fingerprint density at radius 1 is 1.45 bits per heavy atom. The Hall–Kier alpha value is -2.51. The van der Waals surface area contributed by atoms with Gasteiger partial charge >= 0.3 is 11.5 Å². The highest BCUT2D eigenvalue weighted by molar-refractivity contribution is 5.85. The molecule has 2 atom stereocenters. The summed E-state index contributed by atoms with van der Waals surface area (Å²) >= 11 is 0. The highest BCUT2D eigenvalue weighted by Crippen LogP contribution is 2.54. The van der Waals surface area contributed by atoms with E-state index in [9.17, 15) is 25.0 Å². The number of ether oxygens (including phenoxy) is 1. The smallest absolute Gasteiger partial charge is 0.385 e. The lowest BCUT2D eigenvalue weighted by molar-refractivity contribution is -0.527. The van der Waals surface area contributed by atoms with Crippen molar-refractivity contribution in [2.75, 3.05) is 6.61 Å². The van der Waals surface area contributed by atoms with Crippen LogP contribution in [-0.4, -0.2) is 28.0 Å². The van der Waals surface area contributed by atoms with Crippen LogP contribution in [0.2, 0.25) is 0 Å². The highest BCUT2D eigenvalue weighted by atomic mass is 16.6. The predicted octanol–water partition coefficient (Wildman–Crippen LogP) is 1.66. The van der Waals surface area contributed by atoms with E-state index in [0.29, 0.717) is 5.56 Å². The van der Waals surface area contributed by atoms with E-state index in [1.54, 1.807) is 13.0 Å². The summed E-state index contributed by atoms with van der Waals surface area (Å²) in [6, 6.07) is 5.54. The summed E-state index contributed by atoms with van der Waals surface area (Å²) in [6.07, 6.45) is 0.000000945. The average molecular weight is 280 g/mol. The lowest BCUT2D eigenvalue weighted by Gasteiger charge is -2.08. The van der Waals surface area contributed by atoms with Crippen molar-refractivity contribution in [2.24, 2.45) is 0 Å². The number of esters is 1. The maximum absolute atomic E-state index is 11.8. The number of benzene rings is 1. The summed E-state index contributed by atoms with van der Waals surface area (Å²) in [5.74, 6) is -1.57. The van der Waals surface area contributed by atoms with Crippen molar-refractivity contribution in [1.82, 2.24) is 0 Å². The van der Waals surface area contributed by atoms with Crippen molar-refractivity contribution in [3.05, 3.63) is 50.1 Å². The van der Waals surface area contributed by atoms with Crippen molar-refractivity contribution in [3.63, 3.8) is 0 Å². The molecule has 1 aliphatic rings. The van der Waals surface area contributed by atoms with Gasteiger partial charge in [0.15, 0.2) is 0 Å². The van der Waals surface area contributed by atoms with Gasteiger partial charge in [0.1, 0.15) is 0 Å². The van der Waals surface area contributed by atoms with Gasteiger partial charge < -0.3 is 4.74 Å². The summed E-state index contributed by atoms with van der Waals surface area (Å²) in [4.78, 5) is 32.4. The Morgan fingerprint density at radius 3 is 2.70 bits per heavy atom. The molecule has 2 rings (SSSR count).